The number of nitrogens with zero attached hydrogens (tertiary/aromatic N) is 1. The minimum absolute atomic E-state index is 0.0264. The highest BCUT2D eigenvalue weighted by Crippen LogP contribution is 2.36. The van der Waals surface area contributed by atoms with Gasteiger partial charge in [-0.1, -0.05) is 17.7 Å². The Bertz CT molecular complexity index is 771. The zero-order chi connectivity index (χ0) is 18.4. The Balaban J connectivity index is 2.11. The van der Waals surface area contributed by atoms with E-state index in [4.69, 9.17) is 9.47 Å². The molecule has 5 nitrogen and oxygen atoms in total. The highest BCUT2D eigenvalue weighted by molar-refractivity contribution is 9.10. The van der Waals surface area contributed by atoms with E-state index in [0.29, 0.717) is 17.1 Å². The molecule has 2 aromatic carbocycles. The third-order valence-electron chi connectivity index (χ3n) is 3.30. The molecule has 1 amide bonds. The molecule has 0 spiro atoms. The van der Waals surface area contributed by atoms with Crippen molar-refractivity contribution in [3.8, 4) is 11.5 Å². The summed E-state index contributed by atoms with van der Waals surface area (Å²) in [5.74, 6) is 0.967. The first-order valence-corrected chi connectivity index (χ1v) is 8.64. The van der Waals surface area contributed by atoms with E-state index in [2.05, 4.69) is 26.5 Å². The second-order valence-corrected chi connectivity index (χ2v) is 6.62. The molecule has 2 aromatic rings. The second kappa shape index (κ2) is 8.67. The van der Waals surface area contributed by atoms with Crippen LogP contribution in [0.15, 0.2) is 46.0 Å². The molecule has 0 saturated heterocycles. The van der Waals surface area contributed by atoms with Crippen molar-refractivity contribution in [1.82, 2.24) is 5.43 Å². The highest BCUT2D eigenvalue weighted by atomic mass is 79.9. The lowest BCUT2D eigenvalue weighted by atomic mass is 10.1. The average molecular weight is 405 g/mol. The summed E-state index contributed by atoms with van der Waals surface area (Å²) in [6, 6.07) is 10.9. The van der Waals surface area contributed by atoms with Gasteiger partial charge in [-0.3, -0.25) is 4.79 Å². The number of halogens is 1. The molecule has 0 aliphatic rings. The quantitative estimate of drug-likeness (QED) is 0.575. The molecule has 25 heavy (non-hydrogen) atoms. The third-order valence-corrected chi connectivity index (χ3v) is 3.89. The Hall–Kier alpha value is -2.34. The maximum atomic E-state index is 12.0. The number of aryl methyl sites for hydroxylation is 1. The molecule has 1 N–H and O–H groups in total. The van der Waals surface area contributed by atoms with Crippen LogP contribution in [0.25, 0.3) is 0 Å². The fourth-order valence-corrected chi connectivity index (χ4v) is 2.65. The molecular weight excluding hydrogens is 384 g/mol. The van der Waals surface area contributed by atoms with Crippen LogP contribution in [0, 0.1) is 6.92 Å². The van der Waals surface area contributed by atoms with Crippen molar-refractivity contribution in [1.29, 1.82) is 0 Å². The Morgan fingerprint density at radius 1 is 1.24 bits per heavy atom. The highest BCUT2D eigenvalue weighted by Gasteiger charge is 2.12. The minimum atomic E-state index is -0.262. The molecule has 0 aliphatic heterocycles. The number of benzene rings is 2. The van der Waals surface area contributed by atoms with Gasteiger partial charge in [-0.15, -0.1) is 0 Å². The molecule has 0 heterocycles. The van der Waals surface area contributed by atoms with E-state index in [1.165, 1.54) is 0 Å². The zero-order valence-electron chi connectivity index (χ0n) is 14.7. The molecule has 0 radical (unpaired) electrons. The maximum absolute atomic E-state index is 12.0. The molecule has 0 aromatic heterocycles. The summed E-state index contributed by atoms with van der Waals surface area (Å²) in [5, 5.41) is 4.01. The number of rotatable bonds is 6. The van der Waals surface area contributed by atoms with Crippen LogP contribution in [-0.2, 0) is 0 Å². The summed E-state index contributed by atoms with van der Waals surface area (Å²) in [6.45, 7) is 5.86. The molecule has 0 aliphatic carbocycles. The van der Waals surface area contributed by atoms with Crippen LogP contribution in [0.2, 0.25) is 0 Å². The monoisotopic (exact) mass is 404 g/mol. The van der Waals surface area contributed by atoms with Gasteiger partial charge in [0.2, 0.25) is 0 Å². The number of carbonyl (C=O) groups excluding carboxylic acids is 1. The Labute approximate surface area is 156 Å². The minimum Gasteiger partial charge on any atom is -0.493 e. The SMILES string of the molecule is COc1cc(/C=N\NC(=O)c2ccc(C)cc2)cc(Br)c1OC(C)C. The standard InChI is InChI=1S/C19H21BrN2O3/c1-12(2)25-18-16(20)9-14(10-17(18)24-4)11-21-22-19(23)15-7-5-13(3)6-8-15/h5-12H,1-4H3,(H,22,23)/b21-11-. The summed E-state index contributed by atoms with van der Waals surface area (Å²) in [5.41, 5.74) is 4.94. The van der Waals surface area contributed by atoms with E-state index in [0.717, 1.165) is 15.6 Å². The largest absolute Gasteiger partial charge is 0.493 e. The summed E-state index contributed by atoms with van der Waals surface area (Å²) in [6.07, 6.45) is 1.58. The molecule has 6 heteroatoms. The number of methoxy groups -OCH3 is 1. The van der Waals surface area contributed by atoms with Gasteiger partial charge in [-0.25, -0.2) is 5.43 Å². The van der Waals surface area contributed by atoms with E-state index < -0.39 is 0 Å². The lowest BCUT2D eigenvalue weighted by Gasteiger charge is -2.15. The topological polar surface area (TPSA) is 59.9 Å². The van der Waals surface area contributed by atoms with E-state index in [1.807, 2.05) is 39.0 Å². The van der Waals surface area contributed by atoms with Gasteiger partial charge >= 0.3 is 0 Å². The predicted molar refractivity (Wildman–Crippen MR) is 103 cm³/mol. The van der Waals surface area contributed by atoms with Gasteiger partial charge in [-0.2, -0.15) is 5.10 Å². The Morgan fingerprint density at radius 2 is 1.92 bits per heavy atom. The van der Waals surface area contributed by atoms with Crippen LogP contribution in [0.1, 0.15) is 35.3 Å². The van der Waals surface area contributed by atoms with Gasteiger partial charge in [0.05, 0.1) is 23.9 Å². The lowest BCUT2D eigenvalue weighted by molar-refractivity contribution is 0.0955. The smallest absolute Gasteiger partial charge is 0.271 e. The van der Waals surface area contributed by atoms with E-state index in [-0.39, 0.29) is 12.0 Å². The lowest BCUT2D eigenvalue weighted by Crippen LogP contribution is -2.17. The fraction of sp³-hybridized carbons (Fsp3) is 0.263. The zero-order valence-corrected chi connectivity index (χ0v) is 16.3. The van der Waals surface area contributed by atoms with Crippen LogP contribution in [0.3, 0.4) is 0 Å². The van der Waals surface area contributed by atoms with E-state index in [9.17, 15) is 4.79 Å². The van der Waals surface area contributed by atoms with Crippen molar-refractivity contribution in [3.63, 3.8) is 0 Å². The Morgan fingerprint density at radius 3 is 2.52 bits per heavy atom. The van der Waals surface area contributed by atoms with Gasteiger partial charge in [0, 0.05) is 5.56 Å². The average Bonchev–Trinajstić information content (AvgIpc) is 2.57. The van der Waals surface area contributed by atoms with Gasteiger partial charge in [0.1, 0.15) is 0 Å². The Kier molecular flexibility index (Phi) is 6.58. The number of hydrogen-bond acceptors (Lipinski definition) is 4. The normalized spacial score (nSPS) is 11.0. The fourth-order valence-electron chi connectivity index (χ4n) is 2.10. The number of hydrazone groups is 1. The molecule has 0 bridgehead atoms. The van der Waals surface area contributed by atoms with Gasteiger partial charge in [0.25, 0.3) is 5.91 Å². The molecule has 0 fully saturated rings. The first-order valence-electron chi connectivity index (χ1n) is 7.85. The van der Waals surface area contributed by atoms with Crippen molar-refractivity contribution < 1.29 is 14.3 Å². The molecular formula is C19H21BrN2O3. The number of ether oxygens (including phenoxy) is 2. The first-order chi connectivity index (χ1) is 11.9. The summed E-state index contributed by atoms with van der Waals surface area (Å²) in [4.78, 5) is 12.0. The van der Waals surface area contributed by atoms with Gasteiger partial charge in [0.15, 0.2) is 11.5 Å². The molecule has 0 saturated carbocycles. The summed E-state index contributed by atoms with van der Waals surface area (Å²) < 4.78 is 11.9. The van der Waals surface area contributed by atoms with E-state index >= 15 is 0 Å². The number of carbonyl (C=O) groups is 1. The molecule has 2 rings (SSSR count). The first kappa shape index (κ1) is 19.0. The van der Waals surface area contributed by atoms with Crippen LogP contribution in [0.5, 0.6) is 11.5 Å². The van der Waals surface area contributed by atoms with Crippen molar-refractivity contribution in [2.24, 2.45) is 5.10 Å². The van der Waals surface area contributed by atoms with Crippen molar-refractivity contribution >= 4 is 28.1 Å². The molecule has 132 valence electrons. The van der Waals surface area contributed by atoms with Crippen molar-refractivity contribution in [2.75, 3.05) is 7.11 Å². The number of nitrogens with one attached hydrogen (secondary N) is 1. The van der Waals surface area contributed by atoms with Crippen LogP contribution in [-0.4, -0.2) is 25.3 Å². The third kappa shape index (κ3) is 5.32. The van der Waals surface area contributed by atoms with Crippen LogP contribution >= 0.6 is 15.9 Å². The number of amides is 1. The maximum Gasteiger partial charge on any atom is 0.271 e. The second-order valence-electron chi connectivity index (χ2n) is 5.77. The summed E-state index contributed by atoms with van der Waals surface area (Å²) >= 11 is 3.48. The van der Waals surface area contributed by atoms with E-state index in [1.54, 1.807) is 31.5 Å². The number of hydrogen-bond donors (Lipinski definition) is 1. The van der Waals surface area contributed by atoms with Gasteiger partial charge < -0.3 is 9.47 Å². The molecule has 0 unspecified atom stereocenters. The van der Waals surface area contributed by atoms with Crippen LogP contribution in [0.4, 0.5) is 0 Å². The predicted octanol–water partition coefficient (Wildman–Crippen LogP) is 4.32. The molecule has 0 atom stereocenters. The summed E-state index contributed by atoms with van der Waals surface area (Å²) in [7, 11) is 1.58. The van der Waals surface area contributed by atoms with Crippen molar-refractivity contribution in [3.05, 3.63) is 57.6 Å². The van der Waals surface area contributed by atoms with Crippen molar-refractivity contribution in [2.45, 2.75) is 26.9 Å². The van der Waals surface area contributed by atoms with Gasteiger partial charge in [-0.05, 0) is 66.5 Å². The van der Waals surface area contributed by atoms with Crippen LogP contribution < -0.4 is 14.9 Å².